The SMILES string of the molecule is CCNC(=O)[C@@H](C)N(Cc1ccc(F)cc1)C(=O)CCCSc1ccc(Cl)cc1. The number of benzene rings is 2. The average Bonchev–Trinajstić information content (AvgIpc) is 2.71. The molecule has 0 spiro atoms. The fraction of sp³-hybridized carbons (Fsp3) is 0.364. The van der Waals surface area contributed by atoms with Gasteiger partial charge in [-0.25, -0.2) is 4.39 Å². The molecule has 0 bridgehead atoms. The molecule has 0 heterocycles. The van der Waals surface area contributed by atoms with E-state index in [9.17, 15) is 14.0 Å². The number of carbonyl (C=O) groups is 2. The zero-order valence-electron chi connectivity index (χ0n) is 16.7. The minimum atomic E-state index is -0.601. The van der Waals surface area contributed by atoms with Gasteiger partial charge in [-0.3, -0.25) is 9.59 Å². The van der Waals surface area contributed by atoms with Crippen molar-refractivity contribution in [3.8, 4) is 0 Å². The Morgan fingerprint density at radius 1 is 1.14 bits per heavy atom. The van der Waals surface area contributed by atoms with Crippen LogP contribution in [0.2, 0.25) is 5.02 Å². The summed E-state index contributed by atoms with van der Waals surface area (Å²) in [6.45, 7) is 4.32. The lowest BCUT2D eigenvalue weighted by atomic mass is 10.1. The number of nitrogens with zero attached hydrogens (tertiary/aromatic N) is 1. The predicted molar refractivity (Wildman–Crippen MR) is 117 cm³/mol. The number of thioether (sulfide) groups is 1. The van der Waals surface area contributed by atoms with E-state index < -0.39 is 6.04 Å². The molecule has 0 saturated carbocycles. The van der Waals surface area contributed by atoms with E-state index in [0.29, 0.717) is 24.4 Å². The maximum atomic E-state index is 13.2. The van der Waals surface area contributed by atoms with Gasteiger partial charge in [-0.15, -0.1) is 11.8 Å². The second-order valence-electron chi connectivity index (χ2n) is 6.62. The Bertz CT molecular complexity index is 799. The summed E-state index contributed by atoms with van der Waals surface area (Å²) < 4.78 is 13.2. The number of rotatable bonds is 10. The van der Waals surface area contributed by atoms with Crippen LogP contribution in [0.5, 0.6) is 0 Å². The number of hydrogen-bond donors (Lipinski definition) is 1. The lowest BCUT2D eigenvalue weighted by Crippen LogP contribution is -2.47. The lowest BCUT2D eigenvalue weighted by molar-refractivity contribution is -0.140. The summed E-state index contributed by atoms with van der Waals surface area (Å²) >= 11 is 7.55. The lowest BCUT2D eigenvalue weighted by Gasteiger charge is -2.28. The Kier molecular flexibility index (Phi) is 9.48. The molecule has 0 unspecified atom stereocenters. The zero-order valence-corrected chi connectivity index (χ0v) is 18.2. The highest BCUT2D eigenvalue weighted by Crippen LogP contribution is 2.22. The molecule has 2 rings (SSSR count). The second kappa shape index (κ2) is 11.8. The van der Waals surface area contributed by atoms with Crippen LogP contribution in [0.25, 0.3) is 0 Å². The second-order valence-corrected chi connectivity index (χ2v) is 8.23. The van der Waals surface area contributed by atoms with Crippen LogP contribution in [-0.2, 0) is 16.1 Å². The fourth-order valence-corrected chi connectivity index (χ4v) is 3.76. The van der Waals surface area contributed by atoms with E-state index in [2.05, 4.69) is 5.32 Å². The van der Waals surface area contributed by atoms with Crippen molar-refractivity contribution < 1.29 is 14.0 Å². The fourth-order valence-electron chi connectivity index (χ4n) is 2.78. The van der Waals surface area contributed by atoms with Crippen LogP contribution in [0.4, 0.5) is 4.39 Å². The van der Waals surface area contributed by atoms with Gasteiger partial charge in [0.15, 0.2) is 0 Å². The van der Waals surface area contributed by atoms with Crippen LogP contribution in [0.3, 0.4) is 0 Å². The molecule has 0 fully saturated rings. The van der Waals surface area contributed by atoms with Crippen LogP contribution in [0, 0.1) is 5.82 Å². The summed E-state index contributed by atoms with van der Waals surface area (Å²) in [6.07, 6.45) is 1.03. The summed E-state index contributed by atoms with van der Waals surface area (Å²) in [7, 11) is 0. The molecule has 2 aromatic carbocycles. The van der Waals surface area contributed by atoms with E-state index in [-0.39, 0.29) is 24.2 Å². The quantitative estimate of drug-likeness (QED) is 0.425. The number of nitrogens with one attached hydrogen (secondary N) is 1. The van der Waals surface area contributed by atoms with Crippen LogP contribution >= 0.6 is 23.4 Å². The Balaban J connectivity index is 1.96. The van der Waals surface area contributed by atoms with E-state index >= 15 is 0 Å². The first-order valence-corrected chi connectivity index (χ1v) is 11.0. The van der Waals surface area contributed by atoms with Crippen molar-refractivity contribution in [2.45, 2.75) is 44.2 Å². The largest absolute Gasteiger partial charge is 0.355 e. The standard InChI is InChI=1S/C22H26ClFN2O2S/c1-3-25-22(28)16(2)26(15-17-6-10-19(24)11-7-17)21(27)5-4-14-29-20-12-8-18(23)9-13-20/h6-13,16H,3-5,14-15H2,1-2H3,(H,25,28)/t16-/m1/s1. The minimum absolute atomic E-state index is 0.0928. The Morgan fingerprint density at radius 3 is 2.41 bits per heavy atom. The van der Waals surface area contributed by atoms with Crippen LogP contribution < -0.4 is 5.32 Å². The average molecular weight is 437 g/mol. The summed E-state index contributed by atoms with van der Waals surface area (Å²) in [4.78, 5) is 27.8. The Hall–Kier alpha value is -2.05. The first-order valence-electron chi connectivity index (χ1n) is 9.60. The number of halogens is 2. The molecule has 4 nitrogen and oxygen atoms in total. The Morgan fingerprint density at radius 2 is 1.79 bits per heavy atom. The highest BCUT2D eigenvalue weighted by atomic mass is 35.5. The summed E-state index contributed by atoms with van der Waals surface area (Å²) in [5, 5.41) is 3.46. The van der Waals surface area contributed by atoms with Crippen molar-refractivity contribution in [2.75, 3.05) is 12.3 Å². The molecular weight excluding hydrogens is 411 g/mol. The molecule has 1 N–H and O–H groups in total. The van der Waals surface area contributed by atoms with Crippen LogP contribution in [0.1, 0.15) is 32.3 Å². The van der Waals surface area contributed by atoms with Gasteiger partial charge in [0.05, 0.1) is 0 Å². The van der Waals surface area contributed by atoms with E-state index in [1.807, 2.05) is 31.2 Å². The van der Waals surface area contributed by atoms with Gasteiger partial charge in [-0.1, -0.05) is 23.7 Å². The van der Waals surface area contributed by atoms with E-state index in [1.54, 1.807) is 35.7 Å². The summed E-state index contributed by atoms with van der Waals surface area (Å²) in [5.74, 6) is 0.165. The van der Waals surface area contributed by atoms with Gasteiger partial charge >= 0.3 is 0 Å². The van der Waals surface area contributed by atoms with E-state index in [0.717, 1.165) is 16.2 Å². The van der Waals surface area contributed by atoms with Crippen molar-refractivity contribution >= 4 is 35.2 Å². The third-order valence-corrected chi connectivity index (χ3v) is 5.75. The maximum absolute atomic E-state index is 13.2. The zero-order chi connectivity index (χ0) is 21.2. The number of amides is 2. The topological polar surface area (TPSA) is 49.4 Å². The van der Waals surface area contributed by atoms with Gasteiger partial charge in [0, 0.05) is 29.4 Å². The monoisotopic (exact) mass is 436 g/mol. The molecule has 0 aliphatic rings. The van der Waals surface area contributed by atoms with E-state index in [1.165, 1.54) is 12.1 Å². The van der Waals surface area contributed by atoms with Crippen molar-refractivity contribution in [3.63, 3.8) is 0 Å². The van der Waals surface area contributed by atoms with Gasteiger partial charge in [0.25, 0.3) is 0 Å². The molecule has 0 radical (unpaired) electrons. The first-order chi connectivity index (χ1) is 13.9. The molecule has 156 valence electrons. The van der Waals surface area contributed by atoms with Crippen molar-refractivity contribution in [3.05, 3.63) is 64.9 Å². The number of carbonyl (C=O) groups excluding carboxylic acids is 2. The van der Waals surface area contributed by atoms with Gasteiger partial charge in [-0.05, 0) is 68.0 Å². The smallest absolute Gasteiger partial charge is 0.242 e. The van der Waals surface area contributed by atoms with E-state index in [4.69, 9.17) is 11.6 Å². The van der Waals surface area contributed by atoms with Gasteiger partial charge in [0.1, 0.15) is 11.9 Å². The molecule has 2 amide bonds. The molecule has 0 aliphatic heterocycles. The molecule has 29 heavy (non-hydrogen) atoms. The molecule has 0 saturated heterocycles. The van der Waals surface area contributed by atoms with Crippen molar-refractivity contribution in [1.82, 2.24) is 10.2 Å². The first kappa shape index (κ1) is 23.2. The molecule has 1 atom stereocenters. The van der Waals surface area contributed by atoms with Gasteiger partial charge < -0.3 is 10.2 Å². The van der Waals surface area contributed by atoms with Crippen LogP contribution in [-0.4, -0.2) is 35.1 Å². The summed E-state index contributed by atoms with van der Waals surface area (Å²) in [6, 6.07) is 13.0. The van der Waals surface area contributed by atoms with Gasteiger partial charge in [-0.2, -0.15) is 0 Å². The molecular formula is C22H26ClFN2O2S. The highest BCUT2D eigenvalue weighted by molar-refractivity contribution is 7.99. The number of likely N-dealkylation sites (N-methyl/N-ethyl adjacent to an activating group) is 1. The molecule has 0 aliphatic carbocycles. The predicted octanol–water partition coefficient (Wildman–Crippen LogP) is 4.90. The minimum Gasteiger partial charge on any atom is -0.355 e. The normalized spacial score (nSPS) is 11.7. The number of hydrogen-bond acceptors (Lipinski definition) is 3. The van der Waals surface area contributed by atoms with Gasteiger partial charge in [0.2, 0.25) is 11.8 Å². The third-order valence-electron chi connectivity index (χ3n) is 4.40. The summed E-state index contributed by atoms with van der Waals surface area (Å²) in [5.41, 5.74) is 0.784. The van der Waals surface area contributed by atoms with Crippen molar-refractivity contribution in [2.24, 2.45) is 0 Å². The maximum Gasteiger partial charge on any atom is 0.242 e. The van der Waals surface area contributed by atoms with Crippen LogP contribution in [0.15, 0.2) is 53.4 Å². The van der Waals surface area contributed by atoms with Crippen molar-refractivity contribution in [1.29, 1.82) is 0 Å². The molecule has 2 aromatic rings. The highest BCUT2D eigenvalue weighted by Gasteiger charge is 2.25. The third kappa shape index (κ3) is 7.71. The molecule has 0 aromatic heterocycles. The Labute approximate surface area is 180 Å². The molecule has 7 heteroatoms.